The summed E-state index contributed by atoms with van der Waals surface area (Å²) in [6.07, 6.45) is 4.72. The molecule has 1 saturated carbocycles. The molecule has 0 spiro atoms. The monoisotopic (exact) mass is 274 g/mol. The third-order valence-electron chi connectivity index (χ3n) is 5.22. The first-order valence-electron chi connectivity index (χ1n) is 7.87. The van der Waals surface area contributed by atoms with Gasteiger partial charge in [-0.3, -0.25) is 9.88 Å². The fourth-order valence-corrected chi connectivity index (χ4v) is 4.02. The minimum absolute atomic E-state index is 0.856. The van der Waals surface area contributed by atoms with Crippen LogP contribution in [0.15, 0.2) is 18.3 Å². The van der Waals surface area contributed by atoms with E-state index in [1.165, 1.54) is 25.9 Å². The van der Waals surface area contributed by atoms with E-state index < -0.39 is 0 Å². The lowest BCUT2D eigenvalue weighted by Crippen LogP contribution is -2.23. The second-order valence-electron chi connectivity index (χ2n) is 6.88. The molecule has 0 amide bonds. The van der Waals surface area contributed by atoms with Crippen molar-refractivity contribution in [1.82, 2.24) is 9.88 Å². The first-order valence-corrected chi connectivity index (χ1v) is 7.87. The van der Waals surface area contributed by atoms with Crippen LogP contribution >= 0.6 is 0 Å². The molecular formula is C17H26N2O. The Morgan fingerprint density at radius 1 is 1.30 bits per heavy atom. The number of hydrogen-bond acceptors (Lipinski definition) is 3. The van der Waals surface area contributed by atoms with Gasteiger partial charge in [0.2, 0.25) is 0 Å². The molecule has 3 nitrogen and oxygen atoms in total. The molecule has 1 saturated heterocycles. The fraction of sp³-hybridized carbons (Fsp3) is 0.706. The minimum atomic E-state index is 0.856. The number of nitrogens with zero attached hydrogens (tertiary/aromatic N) is 2. The van der Waals surface area contributed by atoms with E-state index in [0.717, 1.165) is 41.7 Å². The molecule has 1 aromatic rings. The van der Waals surface area contributed by atoms with Crippen LogP contribution in [-0.2, 0) is 6.54 Å². The number of hydrogen-bond donors (Lipinski definition) is 0. The van der Waals surface area contributed by atoms with Crippen LogP contribution in [0.2, 0.25) is 0 Å². The predicted molar refractivity (Wildman–Crippen MR) is 80.6 cm³/mol. The van der Waals surface area contributed by atoms with Gasteiger partial charge in [-0.05, 0) is 42.6 Å². The van der Waals surface area contributed by atoms with Gasteiger partial charge in [-0.25, -0.2) is 0 Å². The highest BCUT2D eigenvalue weighted by atomic mass is 16.5. The van der Waals surface area contributed by atoms with E-state index >= 15 is 0 Å². The second-order valence-corrected chi connectivity index (χ2v) is 6.88. The zero-order valence-electron chi connectivity index (χ0n) is 12.9. The Morgan fingerprint density at radius 3 is 2.60 bits per heavy atom. The summed E-state index contributed by atoms with van der Waals surface area (Å²) in [4.78, 5) is 7.04. The SMILES string of the molecule is COc1ccnc(CN2CC3CC(C(C)C)CC3C2)c1. The summed E-state index contributed by atoms with van der Waals surface area (Å²) in [5.74, 6) is 4.58. The smallest absolute Gasteiger partial charge is 0.122 e. The van der Waals surface area contributed by atoms with Crippen LogP contribution in [0.1, 0.15) is 32.4 Å². The van der Waals surface area contributed by atoms with E-state index in [1.54, 1.807) is 7.11 Å². The van der Waals surface area contributed by atoms with Crippen molar-refractivity contribution in [3.8, 4) is 5.75 Å². The molecule has 2 atom stereocenters. The lowest BCUT2D eigenvalue weighted by atomic mass is 9.93. The number of methoxy groups -OCH3 is 1. The molecule has 1 aliphatic heterocycles. The maximum Gasteiger partial charge on any atom is 0.122 e. The maximum atomic E-state index is 5.28. The average molecular weight is 274 g/mol. The first-order chi connectivity index (χ1) is 9.65. The number of aromatic nitrogens is 1. The molecule has 2 fully saturated rings. The number of fused-ring (bicyclic) bond motifs is 1. The van der Waals surface area contributed by atoms with Crippen molar-refractivity contribution in [1.29, 1.82) is 0 Å². The maximum absolute atomic E-state index is 5.28. The summed E-state index contributed by atoms with van der Waals surface area (Å²) in [5.41, 5.74) is 1.13. The summed E-state index contributed by atoms with van der Waals surface area (Å²) in [6, 6.07) is 3.97. The topological polar surface area (TPSA) is 25.4 Å². The van der Waals surface area contributed by atoms with Gasteiger partial charge in [0.1, 0.15) is 5.75 Å². The van der Waals surface area contributed by atoms with Crippen LogP contribution in [0.25, 0.3) is 0 Å². The summed E-state index contributed by atoms with van der Waals surface area (Å²) in [6.45, 7) is 8.24. The van der Waals surface area contributed by atoms with Gasteiger partial charge in [0, 0.05) is 31.9 Å². The van der Waals surface area contributed by atoms with Crippen molar-refractivity contribution >= 4 is 0 Å². The van der Waals surface area contributed by atoms with Crippen molar-refractivity contribution in [2.75, 3.05) is 20.2 Å². The summed E-state index contributed by atoms with van der Waals surface area (Å²) in [7, 11) is 1.71. The van der Waals surface area contributed by atoms with Gasteiger partial charge < -0.3 is 4.74 Å². The van der Waals surface area contributed by atoms with E-state index in [2.05, 4.69) is 29.8 Å². The van der Waals surface area contributed by atoms with Crippen molar-refractivity contribution in [3.05, 3.63) is 24.0 Å². The molecule has 2 aliphatic rings. The lowest BCUT2D eigenvalue weighted by Gasteiger charge is -2.20. The van der Waals surface area contributed by atoms with Crippen LogP contribution in [-0.4, -0.2) is 30.1 Å². The van der Waals surface area contributed by atoms with Crippen molar-refractivity contribution in [2.45, 2.75) is 33.2 Å². The molecule has 2 unspecified atom stereocenters. The number of likely N-dealkylation sites (tertiary alicyclic amines) is 1. The highest BCUT2D eigenvalue weighted by molar-refractivity contribution is 5.22. The summed E-state index contributed by atoms with van der Waals surface area (Å²) in [5, 5.41) is 0. The largest absolute Gasteiger partial charge is 0.497 e. The van der Waals surface area contributed by atoms with Gasteiger partial charge in [0.25, 0.3) is 0 Å². The van der Waals surface area contributed by atoms with Crippen LogP contribution < -0.4 is 4.74 Å². The Balaban J connectivity index is 1.57. The lowest BCUT2D eigenvalue weighted by molar-refractivity contribution is 0.270. The zero-order chi connectivity index (χ0) is 14.1. The average Bonchev–Trinajstić information content (AvgIpc) is 2.97. The van der Waals surface area contributed by atoms with Gasteiger partial charge in [0.15, 0.2) is 0 Å². The third kappa shape index (κ3) is 2.83. The Kier molecular flexibility index (Phi) is 3.97. The molecule has 0 aromatic carbocycles. The number of pyridine rings is 1. The molecule has 110 valence electrons. The van der Waals surface area contributed by atoms with E-state index in [0.29, 0.717) is 0 Å². The van der Waals surface area contributed by atoms with Crippen LogP contribution in [0, 0.1) is 23.7 Å². The van der Waals surface area contributed by atoms with Gasteiger partial charge in [-0.1, -0.05) is 13.8 Å². The van der Waals surface area contributed by atoms with Gasteiger partial charge in [-0.2, -0.15) is 0 Å². The fourth-order valence-electron chi connectivity index (χ4n) is 4.02. The van der Waals surface area contributed by atoms with E-state index in [-0.39, 0.29) is 0 Å². The zero-order valence-corrected chi connectivity index (χ0v) is 12.9. The predicted octanol–water partition coefficient (Wildman–Crippen LogP) is 3.20. The third-order valence-corrected chi connectivity index (χ3v) is 5.22. The molecule has 0 bridgehead atoms. The van der Waals surface area contributed by atoms with Crippen molar-refractivity contribution < 1.29 is 4.74 Å². The van der Waals surface area contributed by atoms with Crippen molar-refractivity contribution in [2.24, 2.45) is 23.7 Å². The molecule has 1 aromatic heterocycles. The summed E-state index contributed by atoms with van der Waals surface area (Å²) < 4.78 is 5.28. The molecule has 20 heavy (non-hydrogen) atoms. The minimum Gasteiger partial charge on any atom is -0.497 e. The Bertz CT molecular complexity index is 446. The normalized spacial score (nSPS) is 29.9. The number of rotatable bonds is 4. The molecule has 0 radical (unpaired) electrons. The van der Waals surface area contributed by atoms with Crippen LogP contribution in [0.5, 0.6) is 5.75 Å². The molecule has 3 heteroatoms. The summed E-state index contributed by atoms with van der Waals surface area (Å²) >= 11 is 0. The number of ether oxygens (including phenoxy) is 1. The molecular weight excluding hydrogens is 248 g/mol. The molecule has 0 N–H and O–H groups in total. The molecule has 3 rings (SSSR count). The Hall–Kier alpha value is -1.09. The van der Waals surface area contributed by atoms with Gasteiger partial charge in [-0.15, -0.1) is 0 Å². The van der Waals surface area contributed by atoms with Crippen LogP contribution in [0.3, 0.4) is 0 Å². The first kappa shape index (κ1) is 13.9. The van der Waals surface area contributed by atoms with E-state index in [9.17, 15) is 0 Å². The van der Waals surface area contributed by atoms with E-state index in [4.69, 9.17) is 4.74 Å². The standard InChI is InChI=1S/C17H26N2O/c1-12(2)13-6-14-9-19(10-15(14)7-13)11-16-8-17(20-3)4-5-18-16/h4-5,8,12-15H,6-7,9-11H2,1-3H3. The highest BCUT2D eigenvalue weighted by Crippen LogP contribution is 2.44. The second kappa shape index (κ2) is 5.72. The highest BCUT2D eigenvalue weighted by Gasteiger charge is 2.41. The Labute approximate surface area is 122 Å². The quantitative estimate of drug-likeness (QED) is 0.843. The van der Waals surface area contributed by atoms with Gasteiger partial charge in [0.05, 0.1) is 12.8 Å². The van der Waals surface area contributed by atoms with Crippen LogP contribution in [0.4, 0.5) is 0 Å². The molecule has 1 aliphatic carbocycles. The van der Waals surface area contributed by atoms with Gasteiger partial charge >= 0.3 is 0 Å². The Morgan fingerprint density at radius 2 is 2.00 bits per heavy atom. The van der Waals surface area contributed by atoms with E-state index in [1.807, 2.05) is 12.3 Å². The molecule has 2 heterocycles. The van der Waals surface area contributed by atoms with Crippen molar-refractivity contribution in [3.63, 3.8) is 0 Å².